The second-order valence-electron chi connectivity index (χ2n) is 10.6. The van der Waals surface area contributed by atoms with E-state index in [2.05, 4.69) is 60.5 Å². The molecule has 5 nitrogen and oxygen atoms in total. The van der Waals surface area contributed by atoms with Crippen molar-refractivity contribution >= 4 is 22.4 Å². The van der Waals surface area contributed by atoms with Crippen LogP contribution in [0, 0.1) is 0 Å². The van der Waals surface area contributed by atoms with E-state index >= 15 is 0 Å². The lowest BCUT2D eigenvalue weighted by atomic mass is 9.84. The number of benzene rings is 3. The molecule has 1 aliphatic rings. The van der Waals surface area contributed by atoms with Crippen LogP contribution >= 0.6 is 11.3 Å². The number of hydrogen-bond acceptors (Lipinski definition) is 5. The van der Waals surface area contributed by atoms with Gasteiger partial charge in [-0.25, -0.2) is 9.78 Å². The quantitative estimate of drug-likeness (QED) is 0.218. The van der Waals surface area contributed by atoms with E-state index in [1.54, 1.807) is 23.5 Å². The predicted octanol–water partition coefficient (Wildman–Crippen LogP) is 8.55. The standard InChI is InChI=1S/C33H36N2O3S/c1-23(2)35(20-24-8-14-29(15-9-24)32(36)37)33-34-31(22-39-33)28-16-18-30(19-17-28)38-21-25-10-12-27(13-11-25)26-6-4-3-5-7-26/h8-19,22-23,26H,3-7,20-21H2,1-2H3,(H,36,37). The maximum Gasteiger partial charge on any atom is 0.335 e. The molecule has 5 rings (SSSR count). The average molecular weight is 541 g/mol. The van der Waals surface area contributed by atoms with Gasteiger partial charge in [0.1, 0.15) is 12.4 Å². The summed E-state index contributed by atoms with van der Waals surface area (Å²) >= 11 is 1.62. The van der Waals surface area contributed by atoms with E-state index in [0.717, 1.165) is 33.6 Å². The highest BCUT2D eigenvalue weighted by Gasteiger charge is 2.17. The maximum atomic E-state index is 11.2. The number of carbonyl (C=O) groups is 1. The number of anilines is 1. The third kappa shape index (κ3) is 6.87. The Bertz CT molecular complexity index is 1360. The molecule has 0 atom stereocenters. The summed E-state index contributed by atoms with van der Waals surface area (Å²) in [6.07, 6.45) is 6.73. The SMILES string of the molecule is CC(C)N(Cc1ccc(C(=O)O)cc1)c1nc(-c2ccc(OCc3ccc(C4CCCCC4)cc3)cc2)cs1. The first-order valence-corrected chi connectivity index (χ1v) is 14.7. The summed E-state index contributed by atoms with van der Waals surface area (Å²) in [6.45, 7) is 5.51. The molecular weight excluding hydrogens is 504 g/mol. The molecule has 1 fully saturated rings. The largest absolute Gasteiger partial charge is 0.489 e. The first-order valence-electron chi connectivity index (χ1n) is 13.8. The number of nitrogens with zero attached hydrogens (tertiary/aromatic N) is 2. The van der Waals surface area contributed by atoms with Crippen LogP contribution in [0.2, 0.25) is 0 Å². The van der Waals surface area contributed by atoms with Crippen molar-refractivity contribution in [3.63, 3.8) is 0 Å². The molecule has 202 valence electrons. The molecule has 4 aromatic rings. The molecule has 1 aromatic heterocycles. The number of rotatable bonds is 10. The first kappa shape index (κ1) is 26.9. The summed E-state index contributed by atoms with van der Waals surface area (Å²) < 4.78 is 6.07. The zero-order valence-corrected chi connectivity index (χ0v) is 23.5. The van der Waals surface area contributed by atoms with Crippen molar-refractivity contribution in [1.82, 2.24) is 4.98 Å². The summed E-state index contributed by atoms with van der Waals surface area (Å²) in [5, 5.41) is 12.2. The van der Waals surface area contributed by atoms with E-state index in [0.29, 0.717) is 18.7 Å². The number of aromatic carboxylic acids is 1. The summed E-state index contributed by atoms with van der Waals surface area (Å²) in [4.78, 5) is 18.3. The Morgan fingerprint density at radius 1 is 0.949 bits per heavy atom. The molecule has 1 aliphatic carbocycles. The Kier molecular flexibility index (Phi) is 8.62. The molecule has 0 bridgehead atoms. The normalized spacial score (nSPS) is 13.9. The van der Waals surface area contributed by atoms with Gasteiger partial charge >= 0.3 is 5.97 Å². The van der Waals surface area contributed by atoms with Gasteiger partial charge in [-0.05, 0) is 85.7 Å². The van der Waals surface area contributed by atoms with Crippen LogP contribution in [0.1, 0.15) is 78.9 Å². The summed E-state index contributed by atoms with van der Waals surface area (Å²) in [5.74, 6) is 0.663. The van der Waals surface area contributed by atoms with Gasteiger partial charge in [0, 0.05) is 23.5 Å². The molecule has 1 saturated carbocycles. The van der Waals surface area contributed by atoms with Crippen molar-refractivity contribution in [2.75, 3.05) is 4.90 Å². The summed E-state index contributed by atoms with van der Waals surface area (Å²) in [6, 6.07) is 24.4. The third-order valence-electron chi connectivity index (χ3n) is 7.53. The van der Waals surface area contributed by atoms with Gasteiger partial charge < -0.3 is 14.7 Å². The van der Waals surface area contributed by atoms with Gasteiger partial charge in [-0.2, -0.15) is 0 Å². The minimum absolute atomic E-state index is 0.246. The monoisotopic (exact) mass is 540 g/mol. The lowest BCUT2D eigenvalue weighted by Gasteiger charge is -2.26. The van der Waals surface area contributed by atoms with E-state index in [9.17, 15) is 4.79 Å². The average Bonchev–Trinajstić information content (AvgIpc) is 3.46. The van der Waals surface area contributed by atoms with Crippen molar-refractivity contribution in [1.29, 1.82) is 0 Å². The molecule has 0 amide bonds. The molecule has 0 radical (unpaired) electrons. The minimum Gasteiger partial charge on any atom is -0.489 e. The van der Waals surface area contributed by atoms with Crippen molar-refractivity contribution in [2.45, 2.75) is 71.1 Å². The zero-order chi connectivity index (χ0) is 27.2. The van der Waals surface area contributed by atoms with Crippen LogP contribution in [-0.2, 0) is 13.2 Å². The van der Waals surface area contributed by atoms with E-state index in [4.69, 9.17) is 14.8 Å². The Labute approximate surface area is 235 Å². The molecule has 1 heterocycles. The topological polar surface area (TPSA) is 62.7 Å². The minimum atomic E-state index is -0.910. The molecule has 0 saturated heterocycles. The van der Waals surface area contributed by atoms with Gasteiger partial charge in [-0.1, -0.05) is 55.7 Å². The first-order chi connectivity index (χ1) is 19.0. The van der Waals surface area contributed by atoms with Crippen LogP contribution in [0.3, 0.4) is 0 Å². The van der Waals surface area contributed by atoms with Gasteiger partial charge in [-0.3, -0.25) is 0 Å². The van der Waals surface area contributed by atoms with Crippen LogP contribution in [0.5, 0.6) is 5.75 Å². The van der Waals surface area contributed by atoms with Gasteiger partial charge in [-0.15, -0.1) is 11.3 Å². The molecule has 0 spiro atoms. The van der Waals surface area contributed by atoms with Crippen LogP contribution in [-0.4, -0.2) is 22.1 Å². The molecular formula is C33H36N2O3S. The smallest absolute Gasteiger partial charge is 0.335 e. The van der Waals surface area contributed by atoms with Crippen molar-refractivity contribution < 1.29 is 14.6 Å². The Morgan fingerprint density at radius 2 is 1.62 bits per heavy atom. The summed E-state index contributed by atoms with van der Waals surface area (Å²) in [5.41, 5.74) is 6.00. The number of hydrogen-bond donors (Lipinski definition) is 1. The molecule has 3 aromatic carbocycles. The van der Waals surface area contributed by atoms with E-state index in [1.165, 1.54) is 43.2 Å². The second kappa shape index (κ2) is 12.5. The highest BCUT2D eigenvalue weighted by atomic mass is 32.1. The summed E-state index contributed by atoms with van der Waals surface area (Å²) in [7, 11) is 0. The lowest BCUT2D eigenvalue weighted by Crippen LogP contribution is -2.30. The molecule has 6 heteroatoms. The fraction of sp³-hybridized carbons (Fsp3) is 0.333. The maximum absolute atomic E-state index is 11.2. The van der Waals surface area contributed by atoms with Gasteiger partial charge in [0.05, 0.1) is 11.3 Å². The Morgan fingerprint density at radius 3 is 2.26 bits per heavy atom. The molecule has 39 heavy (non-hydrogen) atoms. The van der Waals surface area contributed by atoms with Crippen LogP contribution in [0.25, 0.3) is 11.3 Å². The van der Waals surface area contributed by atoms with E-state index in [1.807, 2.05) is 24.3 Å². The highest BCUT2D eigenvalue weighted by molar-refractivity contribution is 7.14. The number of thiazole rings is 1. The molecule has 0 unspecified atom stereocenters. The number of carboxylic acids is 1. The predicted molar refractivity (Wildman–Crippen MR) is 159 cm³/mol. The fourth-order valence-electron chi connectivity index (χ4n) is 5.16. The van der Waals surface area contributed by atoms with E-state index in [-0.39, 0.29) is 6.04 Å². The lowest BCUT2D eigenvalue weighted by molar-refractivity contribution is 0.0697. The third-order valence-corrected chi connectivity index (χ3v) is 8.40. The molecule has 1 N–H and O–H groups in total. The molecule has 0 aliphatic heterocycles. The Hall–Kier alpha value is -3.64. The highest BCUT2D eigenvalue weighted by Crippen LogP contribution is 2.33. The number of carboxylic acid groups (broad SMARTS) is 1. The van der Waals surface area contributed by atoms with Crippen LogP contribution in [0.4, 0.5) is 5.13 Å². The van der Waals surface area contributed by atoms with Crippen molar-refractivity contribution in [2.24, 2.45) is 0 Å². The number of aromatic nitrogens is 1. The van der Waals surface area contributed by atoms with Gasteiger partial charge in [0.25, 0.3) is 0 Å². The zero-order valence-electron chi connectivity index (χ0n) is 22.7. The van der Waals surface area contributed by atoms with Crippen molar-refractivity contribution in [3.05, 3.63) is 100 Å². The Balaban J connectivity index is 1.19. The van der Waals surface area contributed by atoms with Crippen LogP contribution in [0.15, 0.2) is 78.2 Å². The second-order valence-corrected chi connectivity index (χ2v) is 11.5. The fourth-order valence-corrected chi connectivity index (χ4v) is 6.13. The number of ether oxygens (including phenoxy) is 1. The van der Waals surface area contributed by atoms with Gasteiger partial charge in [0.15, 0.2) is 5.13 Å². The van der Waals surface area contributed by atoms with Gasteiger partial charge in [0.2, 0.25) is 0 Å². The van der Waals surface area contributed by atoms with Crippen LogP contribution < -0.4 is 9.64 Å². The van der Waals surface area contributed by atoms with Crippen molar-refractivity contribution in [3.8, 4) is 17.0 Å². The van der Waals surface area contributed by atoms with E-state index < -0.39 is 5.97 Å².